The van der Waals surface area contributed by atoms with E-state index in [9.17, 15) is 13.2 Å². The second-order valence-electron chi connectivity index (χ2n) is 8.92. The number of ether oxygens (including phenoxy) is 2. The molecule has 3 rings (SSSR count). The number of benzene rings is 1. The Morgan fingerprint density at radius 1 is 0.912 bits per heavy atom. The van der Waals surface area contributed by atoms with Crippen molar-refractivity contribution in [2.24, 2.45) is 0 Å². The topological polar surface area (TPSA) is 81.7 Å². The van der Waals surface area contributed by atoms with Crippen molar-refractivity contribution in [3.8, 4) is 16.9 Å². The number of carbonyl (C=O) groups excluding carboxylic acids is 1. The average molecular weight is 484 g/mol. The van der Waals surface area contributed by atoms with E-state index in [-0.39, 0.29) is 19.1 Å². The first-order valence-electron chi connectivity index (χ1n) is 11.5. The third-order valence-electron chi connectivity index (χ3n) is 5.83. The predicted octanol–water partition coefficient (Wildman–Crippen LogP) is 5.11. The molecule has 7 heteroatoms. The van der Waals surface area contributed by atoms with Crippen molar-refractivity contribution in [2.45, 2.75) is 50.8 Å². The van der Waals surface area contributed by atoms with Gasteiger partial charge in [-0.05, 0) is 58.7 Å². The maximum Gasteiger partial charge on any atom is 0.343 e. The molecule has 182 valence electrons. The second kappa shape index (κ2) is 11.0. The zero-order valence-electron chi connectivity index (χ0n) is 20.4. The van der Waals surface area contributed by atoms with Gasteiger partial charge in [0.15, 0.2) is 6.61 Å². The van der Waals surface area contributed by atoms with Crippen LogP contribution in [0.1, 0.15) is 56.2 Å². The van der Waals surface area contributed by atoms with Gasteiger partial charge in [-0.15, -0.1) is 0 Å². The number of sulfonamides is 1. The van der Waals surface area contributed by atoms with Crippen LogP contribution in [0.5, 0.6) is 5.75 Å². The van der Waals surface area contributed by atoms with Crippen molar-refractivity contribution in [1.29, 1.82) is 0 Å². The third kappa shape index (κ3) is 6.15. The Labute approximate surface area is 202 Å². The predicted molar refractivity (Wildman–Crippen MR) is 134 cm³/mol. The fourth-order valence-corrected chi connectivity index (χ4v) is 5.08. The summed E-state index contributed by atoms with van der Waals surface area (Å²) in [5, 5.41) is 0. The van der Waals surface area contributed by atoms with Crippen LogP contribution in [0.3, 0.4) is 0 Å². The van der Waals surface area contributed by atoms with Crippen LogP contribution in [0.15, 0.2) is 59.5 Å². The molecule has 0 fully saturated rings. The normalized spacial score (nSPS) is 11.9. The molecule has 2 aliphatic rings. The molecule has 0 amide bonds. The highest BCUT2D eigenvalue weighted by Crippen LogP contribution is 2.39. The summed E-state index contributed by atoms with van der Waals surface area (Å²) < 4.78 is 39.1. The van der Waals surface area contributed by atoms with Gasteiger partial charge < -0.3 is 9.47 Å². The molecule has 1 aromatic carbocycles. The molecule has 0 saturated heterocycles. The summed E-state index contributed by atoms with van der Waals surface area (Å²) in [6.45, 7) is 8.52. The number of methoxy groups -OCH3 is 1. The molecule has 0 aliphatic heterocycles. The standard InChI is InChI=1S/C27H33NO5S/c1-18(2)21-8-12-23-24(13-9-21)26(16-25(23)19(3)4)34(30,31)28-15-14-20-6-10-22(11-7-20)33-17-27(29)32-5/h6-13,16,18-19,28H,14-15,17H2,1-5H3. The molecule has 0 atom stereocenters. The molecular formula is C27H33NO5S. The molecule has 0 bridgehead atoms. The van der Waals surface area contributed by atoms with Gasteiger partial charge in [0.1, 0.15) is 5.75 Å². The zero-order chi connectivity index (χ0) is 24.9. The van der Waals surface area contributed by atoms with Crippen molar-refractivity contribution in [3.63, 3.8) is 0 Å². The van der Waals surface area contributed by atoms with Gasteiger partial charge >= 0.3 is 5.97 Å². The van der Waals surface area contributed by atoms with Crippen LogP contribution in [0, 0.1) is 0 Å². The fraction of sp³-hybridized carbons (Fsp3) is 0.370. The summed E-state index contributed by atoms with van der Waals surface area (Å²) in [5.74, 6) is 0.659. The van der Waals surface area contributed by atoms with E-state index in [1.807, 2.05) is 30.3 Å². The minimum Gasteiger partial charge on any atom is -0.482 e. The number of fused-ring (bicyclic) bond motifs is 1. The first kappa shape index (κ1) is 25.7. The van der Waals surface area contributed by atoms with Crippen molar-refractivity contribution >= 4 is 16.0 Å². The lowest BCUT2D eigenvalue weighted by atomic mass is 10.0. The summed E-state index contributed by atoms with van der Waals surface area (Å²) in [6, 6.07) is 17.1. The van der Waals surface area contributed by atoms with Gasteiger partial charge in [0.25, 0.3) is 0 Å². The third-order valence-corrected chi connectivity index (χ3v) is 7.33. The molecule has 0 saturated carbocycles. The molecule has 1 N–H and O–H groups in total. The van der Waals surface area contributed by atoms with E-state index in [4.69, 9.17) is 4.74 Å². The van der Waals surface area contributed by atoms with Crippen molar-refractivity contribution < 1.29 is 22.7 Å². The van der Waals surface area contributed by atoms with Gasteiger partial charge in [0, 0.05) is 12.1 Å². The van der Waals surface area contributed by atoms with Gasteiger partial charge in [-0.3, -0.25) is 0 Å². The molecule has 34 heavy (non-hydrogen) atoms. The smallest absolute Gasteiger partial charge is 0.343 e. The van der Waals surface area contributed by atoms with Gasteiger partial charge in [-0.1, -0.05) is 64.1 Å². The Hall–Kier alpha value is -2.90. The highest BCUT2D eigenvalue weighted by atomic mass is 32.2. The van der Waals surface area contributed by atoms with Crippen LogP contribution < -0.4 is 9.46 Å². The summed E-state index contributed by atoms with van der Waals surface area (Å²) in [5.41, 5.74) is 4.88. The number of hydrogen-bond donors (Lipinski definition) is 1. The molecule has 0 unspecified atom stereocenters. The summed E-state index contributed by atoms with van der Waals surface area (Å²) >= 11 is 0. The Morgan fingerprint density at radius 2 is 1.56 bits per heavy atom. The van der Waals surface area contributed by atoms with Crippen LogP contribution in [0.4, 0.5) is 0 Å². The first-order chi connectivity index (χ1) is 16.1. The van der Waals surface area contributed by atoms with Gasteiger partial charge in [0.05, 0.1) is 12.0 Å². The molecule has 0 heterocycles. The Morgan fingerprint density at radius 3 is 2.15 bits per heavy atom. The minimum absolute atomic E-state index is 0.155. The number of rotatable bonds is 10. The van der Waals surface area contributed by atoms with E-state index >= 15 is 0 Å². The number of carbonyl (C=O) groups is 1. The maximum atomic E-state index is 13.2. The summed E-state index contributed by atoms with van der Waals surface area (Å²) in [7, 11) is -2.38. The zero-order valence-corrected chi connectivity index (χ0v) is 21.2. The van der Waals surface area contributed by atoms with Crippen LogP contribution in [-0.4, -0.2) is 34.6 Å². The van der Waals surface area contributed by atoms with E-state index in [2.05, 4.69) is 43.2 Å². The summed E-state index contributed by atoms with van der Waals surface area (Å²) in [6.07, 6.45) is 0.525. The highest BCUT2D eigenvalue weighted by Gasteiger charge is 2.25. The van der Waals surface area contributed by atoms with Gasteiger partial charge in [-0.2, -0.15) is 0 Å². The quantitative estimate of drug-likeness (QED) is 0.405. The van der Waals surface area contributed by atoms with Crippen molar-refractivity contribution in [2.75, 3.05) is 20.3 Å². The SMILES string of the molecule is COC(=O)COc1ccc(CCNS(=O)(=O)c2cc(C(C)C)c3ccc(C(C)C)ccc2-3)cc1. The Bertz CT molecular complexity index is 1200. The lowest BCUT2D eigenvalue weighted by Crippen LogP contribution is -2.26. The number of hydrogen-bond acceptors (Lipinski definition) is 5. The maximum absolute atomic E-state index is 13.2. The Kier molecular flexibility index (Phi) is 8.33. The van der Waals surface area contributed by atoms with E-state index in [0.29, 0.717) is 23.0 Å². The average Bonchev–Trinajstić information content (AvgIpc) is 3.04. The Balaban J connectivity index is 1.74. The molecule has 0 aromatic heterocycles. The molecule has 0 radical (unpaired) electrons. The van der Waals surface area contributed by atoms with Crippen LogP contribution in [0.25, 0.3) is 11.1 Å². The van der Waals surface area contributed by atoms with E-state index < -0.39 is 16.0 Å². The minimum atomic E-state index is -3.69. The lowest BCUT2D eigenvalue weighted by molar-refractivity contribution is -0.142. The van der Waals surface area contributed by atoms with Crippen LogP contribution >= 0.6 is 0 Å². The first-order valence-corrected chi connectivity index (χ1v) is 13.0. The van der Waals surface area contributed by atoms with E-state index in [1.165, 1.54) is 12.7 Å². The fourth-order valence-electron chi connectivity index (χ4n) is 3.80. The summed E-state index contributed by atoms with van der Waals surface area (Å²) in [4.78, 5) is 11.5. The van der Waals surface area contributed by atoms with Crippen LogP contribution in [0.2, 0.25) is 0 Å². The molecule has 1 aromatic rings. The lowest BCUT2D eigenvalue weighted by Gasteiger charge is -2.08. The highest BCUT2D eigenvalue weighted by molar-refractivity contribution is 7.89. The molecular weight excluding hydrogens is 450 g/mol. The van der Waals surface area contributed by atoms with E-state index in [1.54, 1.807) is 18.2 Å². The number of esters is 1. The second-order valence-corrected chi connectivity index (χ2v) is 10.7. The van der Waals surface area contributed by atoms with Crippen LogP contribution in [-0.2, 0) is 26.0 Å². The molecule has 2 aliphatic carbocycles. The van der Waals surface area contributed by atoms with E-state index in [0.717, 1.165) is 22.3 Å². The molecule has 6 nitrogen and oxygen atoms in total. The largest absolute Gasteiger partial charge is 0.482 e. The van der Waals surface area contributed by atoms with Gasteiger partial charge in [0.2, 0.25) is 10.0 Å². The number of nitrogens with one attached hydrogen (secondary N) is 1. The monoisotopic (exact) mass is 483 g/mol. The van der Waals surface area contributed by atoms with Crippen molar-refractivity contribution in [1.82, 2.24) is 4.72 Å². The van der Waals surface area contributed by atoms with Gasteiger partial charge in [-0.25, -0.2) is 17.9 Å². The molecule has 0 spiro atoms. The van der Waals surface area contributed by atoms with Crippen molar-refractivity contribution in [3.05, 3.63) is 71.3 Å².